The van der Waals surface area contributed by atoms with Crippen molar-refractivity contribution in [2.75, 3.05) is 24.2 Å². The van der Waals surface area contributed by atoms with Gasteiger partial charge in [0, 0.05) is 18.8 Å². The predicted molar refractivity (Wildman–Crippen MR) is 109 cm³/mol. The maximum Gasteiger partial charge on any atom is 0.234 e. The van der Waals surface area contributed by atoms with E-state index in [9.17, 15) is 4.79 Å². The first-order valence-corrected chi connectivity index (χ1v) is 10.1. The fourth-order valence-electron chi connectivity index (χ4n) is 2.99. The molecule has 2 rings (SSSR count). The molecule has 1 heterocycles. The molecule has 0 aromatic heterocycles. The van der Waals surface area contributed by atoms with Crippen LogP contribution in [0.1, 0.15) is 63.5 Å². The quantitative estimate of drug-likeness (QED) is 0.746. The summed E-state index contributed by atoms with van der Waals surface area (Å²) in [6.45, 7) is 10.7. The first-order valence-electron chi connectivity index (χ1n) is 8.74. The molecule has 3 nitrogen and oxygen atoms in total. The van der Waals surface area contributed by atoms with E-state index in [4.69, 9.17) is 12.2 Å². The van der Waals surface area contributed by atoms with Gasteiger partial charge in [0.2, 0.25) is 5.91 Å². The van der Waals surface area contributed by atoms with Gasteiger partial charge in [-0.05, 0) is 35.8 Å². The Morgan fingerprint density at radius 3 is 2.21 bits per heavy atom. The Kier molecular flexibility index (Phi) is 7.11. The molecule has 0 atom stereocenters. The minimum atomic E-state index is 0.0246. The number of likely N-dealkylation sites (tertiary alicyclic amines) is 1. The second-order valence-electron chi connectivity index (χ2n) is 6.92. The lowest BCUT2D eigenvalue weighted by Crippen LogP contribution is -2.25. The number of carbonyl (C=O) groups is 1. The number of benzene rings is 1. The number of thioether (sulfide) groups is 1. The van der Waals surface area contributed by atoms with Crippen LogP contribution < -0.4 is 5.32 Å². The fraction of sp³-hybridized carbons (Fsp3) is 0.579. The molecule has 0 bridgehead atoms. The maximum absolute atomic E-state index is 12.5. The molecule has 0 unspecified atom stereocenters. The Bertz CT molecular complexity index is 567. The summed E-state index contributed by atoms with van der Waals surface area (Å²) in [5.41, 5.74) is 3.38. The average Bonchev–Trinajstić information content (AvgIpc) is 3.06. The molecule has 0 spiro atoms. The van der Waals surface area contributed by atoms with E-state index in [1.54, 1.807) is 0 Å². The Labute approximate surface area is 155 Å². The van der Waals surface area contributed by atoms with E-state index in [1.807, 2.05) is 0 Å². The molecule has 1 amide bonds. The molecule has 1 aliphatic rings. The van der Waals surface area contributed by atoms with Crippen LogP contribution in [0.25, 0.3) is 0 Å². The van der Waals surface area contributed by atoms with E-state index < -0.39 is 0 Å². The standard InChI is InChI=1S/C19H28N2OS2/c1-13(2)15-8-7-9-16(14(3)4)18(15)20-17(22)12-24-19(23)21-10-5-6-11-21/h7-9,13-14H,5-6,10-12H2,1-4H3,(H,20,22). The summed E-state index contributed by atoms with van der Waals surface area (Å²) >= 11 is 6.92. The molecular formula is C19H28N2OS2. The first-order chi connectivity index (χ1) is 11.4. The molecule has 0 aliphatic carbocycles. The Hall–Kier alpha value is -1.07. The van der Waals surface area contributed by atoms with E-state index in [0.717, 1.165) is 23.1 Å². The molecule has 0 radical (unpaired) electrons. The number of amides is 1. The van der Waals surface area contributed by atoms with Crippen LogP contribution in [0, 0.1) is 0 Å². The van der Waals surface area contributed by atoms with Gasteiger partial charge in [0.05, 0.1) is 5.75 Å². The van der Waals surface area contributed by atoms with Crippen LogP contribution in [0.15, 0.2) is 18.2 Å². The number of hydrogen-bond donors (Lipinski definition) is 1. The summed E-state index contributed by atoms with van der Waals surface area (Å²) < 4.78 is 0.851. The van der Waals surface area contributed by atoms with Crippen molar-refractivity contribution in [3.8, 4) is 0 Å². The zero-order valence-electron chi connectivity index (χ0n) is 15.1. The third-order valence-corrected chi connectivity index (χ3v) is 5.85. The van der Waals surface area contributed by atoms with E-state index in [2.05, 4.69) is 56.1 Å². The smallest absolute Gasteiger partial charge is 0.234 e. The molecule has 24 heavy (non-hydrogen) atoms. The van der Waals surface area contributed by atoms with Crippen molar-refractivity contribution >= 4 is 39.9 Å². The first kappa shape index (κ1) is 19.3. The third kappa shape index (κ3) is 4.96. The summed E-state index contributed by atoms with van der Waals surface area (Å²) in [6.07, 6.45) is 2.40. The zero-order valence-corrected chi connectivity index (χ0v) is 16.7. The summed E-state index contributed by atoms with van der Waals surface area (Å²) in [6, 6.07) is 6.29. The number of rotatable bonds is 5. The zero-order chi connectivity index (χ0) is 17.7. The second kappa shape index (κ2) is 8.86. The van der Waals surface area contributed by atoms with Crippen molar-refractivity contribution < 1.29 is 4.79 Å². The van der Waals surface area contributed by atoms with Crippen molar-refractivity contribution in [1.29, 1.82) is 0 Å². The van der Waals surface area contributed by atoms with Gasteiger partial charge in [-0.3, -0.25) is 4.79 Å². The molecule has 132 valence electrons. The highest BCUT2D eigenvalue weighted by Crippen LogP contribution is 2.32. The van der Waals surface area contributed by atoms with Crippen LogP contribution in [0.5, 0.6) is 0 Å². The Morgan fingerprint density at radius 1 is 1.17 bits per heavy atom. The molecule has 0 saturated carbocycles. The summed E-state index contributed by atoms with van der Waals surface area (Å²) in [5, 5.41) is 3.15. The van der Waals surface area contributed by atoms with Crippen molar-refractivity contribution in [2.24, 2.45) is 0 Å². The number of anilines is 1. The van der Waals surface area contributed by atoms with Gasteiger partial charge in [0.25, 0.3) is 0 Å². The van der Waals surface area contributed by atoms with Crippen LogP contribution in [-0.4, -0.2) is 34.0 Å². The van der Waals surface area contributed by atoms with Gasteiger partial charge in [-0.25, -0.2) is 0 Å². The van der Waals surface area contributed by atoms with E-state index >= 15 is 0 Å². The van der Waals surface area contributed by atoms with Gasteiger partial charge in [-0.1, -0.05) is 69.9 Å². The van der Waals surface area contributed by atoms with Gasteiger partial charge in [0.15, 0.2) is 0 Å². The molecular weight excluding hydrogens is 336 g/mol. The van der Waals surface area contributed by atoms with Gasteiger partial charge < -0.3 is 10.2 Å². The highest BCUT2D eigenvalue weighted by atomic mass is 32.2. The van der Waals surface area contributed by atoms with Crippen LogP contribution >= 0.6 is 24.0 Å². The second-order valence-corrected chi connectivity index (χ2v) is 8.53. The number of carbonyl (C=O) groups excluding carboxylic acids is 1. The van der Waals surface area contributed by atoms with Gasteiger partial charge in [-0.15, -0.1) is 0 Å². The van der Waals surface area contributed by atoms with Gasteiger partial charge >= 0.3 is 0 Å². The lowest BCUT2D eigenvalue weighted by molar-refractivity contribution is -0.113. The van der Waals surface area contributed by atoms with E-state index in [-0.39, 0.29) is 5.91 Å². The molecule has 1 aromatic carbocycles. The highest BCUT2D eigenvalue weighted by molar-refractivity contribution is 8.23. The number of nitrogens with one attached hydrogen (secondary N) is 1. The molecule has 5 heteroatoms. The molecule has 1 aromatic rings. The topological polar surface area (TPSA) is 32.3 Å². The Morgan fingerprint density at radius 2 is 1.71 bits per heavy atom. The number of hydrogen-bond acceptors (Lipinski definition) is 3. The van der Waals surface area contributed by atoms with E-state index in [0.29, 0.717) is 17.6 Å². The van der Waals surface area contributed by atoms with Crippen molar-refractivity contribution in [1.82, 2.24) is 4.90 Å². The summed E-state index contributed by atoms with van der Waals surface area (Å²) in [5.74, 6) is 1.14. The normalized spacial score (nSPS) is 14.5. The summed E-state index contributed by atoms with van der Waals surface area (Å²) in [7, 11) is 0. The number of para-hydroxylation sites is 1. The molecule has 1 fully saturated rings. The Balaban J connectivity index is 2.03. The highest BCUT2D eigenvalue weighted by Gasteiger charge is 2.18. The van der Waals surface area contributed by atoms with Gasteiger partial charge in [-0.2, -0.15) is 0 Å². The maximum atomic E-state index is 12.5. The average molecular weight is 365 g/mol. The van der Waals surface area contributed by atoms with Crippen LogP contribution in [0.2, 0.25) is 0 Å². The molecule has 1 N–H and O–H groups in total. The lowest BCUT2D eigenvalue weighted by Gasteiger charge is -2.21. The van der Waals surface area contributed by atoms with Crippen LogP contribution in [0.4, 0.5) is 5.69 Å². The minimum Gasteiger partial charge on any atom is -0.358 e. The van der Waals surface area contributed by atoms with Crippen molar-refractivity contribution in [3.05, 3.63) is 29.3 Å². The fourth-order valence-corrected chi connectivity index (χ4v) is 4.04. The molecule has 1 aliphatic heterocycles. The lowest BCUT2D eigenvalue weighted by atomic mass is 9.92. The van der Waals surface area contributed by atoms with E-state index in [1.165, 1.54) is 35.7 Å². The van der Waals surface area contributed by atoms with Crippen molar-refractivity contribution in [2.45, 2.75) is 52.4 Å². The van der Waals surface area contributed by atoms with Crippen molar-refractivity contribution in [3.63, 3.8) is 0 Å². The SMILES string of the molecule is CC(C)c1cccc(C(C)C)c1NC(=O)CSC(=S)N1CCCC1. The summed E-state index contributed by atoms with van der Waals surface area (Å²) in [4.78, 5) is 14.7. The van der Waals surface area contributed by atoms with Crippen LogP contribution in [0.3, 0.4) is 0 Å². The predicted octanol–water partition coefficient (Wildman–Crippen LogP) is 4.99. The van der Waals surface area contributed by atoms with Gasteiger partial charge in [0.1, 0.15) is 4.32 Å². The molecule has 1 saturated heterocycles. The number of nitrogens with zero attached hydrogens (tertiary/aromatic N) is 1. The monoisotopic (exact) mass is 364 g/mol. The minimum absolute atomic E-state index is 0.0246. The largest absolute Gasteiger partial charge is 0.358 e. The van der Waals surface area contributed by atoms with Crippen LogP contribution in [-0.2, 0) is 4.79 Å². The third-order valence-electron chi connectivity index (χ3n) is 4.33. The number of thiocarbonyl (C=S) groups is 1.